The van der Waals surface area contributed by atoms with Gasteiger partial charge in [-0.3, -0.25) is 4.79 Å². The van der Waals surface area contributed by atoms with E-state index < -0.39 is 12.2 Å². The standard InChI is InChI=1S/C25H33ClO5/c1-4-5-8-16(2)21(27)14-13-18-22(28)15-20(26)24(18)19-11-6-9-17(25(19)30)10-7-12-23(29)31-3/h6,9,11,13-14,16,18,20-22,24,27-28,30H,7-8,10,12,15H2,1-3H3. The minimum absolute atomic E-state index is 0.0287. The highest BCUT2D eigenvalue weighted by molar-refractivity contribution is 6.21. The van der Waals surface area contributed by atoms with Crippen LogP contribution in [0.4, 0.5) is 0 Å². The number of hydrogen-bond acceptors (Lipinski definition) is 5. The molecule has 1 aromatic carbocycles. The predicted octanol–water partition coefficient (Wildman–Crippen LogP) is 3.93. The number of aliphatic hydroxyl groups is 2. The van der Waals surface area contributed by atoms with Crippen molar-refractivity contribution in [3.8, 4) is 17.6 Å². The molecule has 2 rings (SSSR count). The maximum atomic E-state index is 11.4. The van der Waals surface area contributed by atoms with Gasteiger partial charge in [0.2, 0.25) is 0 Å². The summed E-state index contributed by atoms with van der Waals surface area (Å²) in [4.78, 5) is 11.4. The summed E-state index contributed by atoms with van der Waals surface area (Å²) in [6, 6.07) is 5.52. The summed E-state index contributed by atoms with van der Waals surface area (Å²) in [5.74, 6) is 5.04. The first-order chi connectivity index (χ1) is 14.8. The Morgan fingerprint density at radius 2 is 2.16 bits per heavy atom. The van der Waals surface area contributed by atoms with Gasteiger partial charge in [0.25, 0.3) is 0 Å². The Balaban J connectivity index is 2.20. The largest absolute Gasteiger partial charge is 0.507 e. The lowest BCUT2D eigenvalue weighted by molar-refractivity contribution is -0.140. The van der Waals surface area contributed by atoms with E-state index in [9.17, 15) is 20.1 Å². The topological polar surface area (TPSA) is 87.0 Å². The van der Waals surface area contributed by atoms with Crippen LogP contribution >= 0.6 is 11.6 Å². The van der Waals surface area contributed by atoms with Crippen LogP contribution in [0.3, 0.4) is 0 Å². The van der Waals surface area contributed by atoms with Crippen molar-refractivity contribution in [1.82, 2.24) is 0 Å². The molecule has 0 saturated heterocycles. The van der Waals surface area contributed by atoms with Gasteiger partial charge in [0.05, 0.1) is 19.3 Å². The summed E-state index contributed by atoms with van der Waals surface area (Å²) in [5.41, 5.74) is 1.42. The number of para-hydroxylation sites is 1. The van der Waals surface area contributed by atoms with Crippen molar-refractivity contribution in [3.05, 3.63) is 41.5 Å². The van der Waals surface area contributed by atoms with Crippen LogP contribution in [0, 0.1) is 23.7 Å². The number of carbonyl (C=O) groups is 1. The van der Waals surface area contributed by atoms with Crippen LogP contribution in [0.15, 0.2) is 30.4 Å². The van der Waals surface area contributed by atoms with Gasteiger partial charge in [-0.2, -0.15) is 0 Å². The fraction of sp³-hybridized carbons (Fsp3) is 0.560. The van der Waals surface area contributed by atoms with Crippen molar-refractivity contribution >= 4 is 17.6 Å². The van der Waals surface area contributed by atoms with E-state index in [1.165, 1.54) is 7.11 Å². The molecule has 0 aromatic heterocycles. The van der Waals surface area contributed by atoms with Gasteiger partial charge in [0.15, 0.2) is 0 Å². The average Bonchev–Trinajstić information content (AvgIpc) is 3.03. The molecule has 1 aliphatic rings. The Labute approximate surface area is 190 Å². The molecule has 6 unspecified atom stereocenters. The Bertz CT molecular complexity index is 825. The van der Waals surface area contributed by atoms with Crippen LogP contribution in [-0.4, -0.2) is 46.0 Å². The van der Waals surface area contributed by atoms with Crippen LogP contribution in [0.2, 0.25) is 0 Å². The third-order valence-electron chi connectivity index (χ3n) is 5.99. The fourth-order valence-electron chi connectivity index (χ4n) is 4.09. The number of aryl methyl sites for hydroxylation is 1. The molecule has 1 fully saturated rings. The number of carbonyl (C=O) groups excluding carboxylic acids is 1. The Morgan fingerprint density at radius 1 is 1.42 bits per heavy atom. The SMILES string of the molecule is CC#CCC(C)C(O)C=CC1C(O)CC(Cl)C1c1cccc(CCCC(=O)OC)c1O. The van der Waals surface area contributed by atoms with Crippen molar-refractivity contribution in [1.29, 1.82) is 0 Å². The van der Waals surface area contributed by atoms with Gasteiger partial charge in [0.1, 0.15) is 5.75 Å². The lowest BCUT2D eigenvalue weighted by Crippen LogP contribution is -2.20. The zero-order valence-electron chi connectivity index (χ0n) is 18.4. The number of phenolic OH excluding ortho intramolecular Hbond substituents is 1. The molecular weight excluding hydrogens is 416 g/mol. The predicted molar refractivity (Wildman–Crippen MR) is 122 cm³/mol. The summed E-state index contributed by atoms with van der Waals surface area (Å²) in [6.07, 6.45) is 4.55. The van der Waals surface area contributed by atoms with Gasteiger partial charge in [-0.05, 0) is 43.2 Å². The van der Waals surface area contributed by atoms with E-state index in [-0.39, 0.29) is 41.3 Å². The summed E-state index contributed by atoms with van der Waals surface area (Å²) in [5, 5.41) is 31.6. The molecule has 0 amide bonds. The van der Waals surface area contributed by atoms with Crippen LogP contribution in [0.25, 0.3) is 0 Å². The number of ether oxygens (including phenoxy) is 1. The normalized spacial score (nSPS) is 25.1. The van der Waals surface area contributed by atoms with E-state index in [1.807, 2.05) is 31.2 Å². The van der Waals surface area contributed by atoms with Crippen molar-refractivity contribution in [2.75, 3.05) is 7.11 Å². The summed E-state index contributed by atoms with van der Waals surface area (Å²) in [7, 11) is 1.36. The van der Waals surface area contributed by atoms with Gasteiger partial charge >= 0.3 is 5.97 Å². The molecular formula is C25H33ClO5. The summed E-state index contributed by atoms with van der Waals surface area (Å²) in [6.45, 7) is 3.70. The minimum Gasteiger partial charge on any atom is -0.507 e. The van der Waals surface area contributed by atoms with E-state index in [0.717, 1.165) is 5.56 Å². The molecule has 0 spiro atoms. The number of alkyl halides is 1. The molecule has 1 aliphatic carbocycles. The van der Waals surface area contributed by atoms with Crippen molar-refractivity contribution in [2.24, 2.45) is 11.8 Å². The molecule has 0 bridgehead atoms. The third kappa shape index (κ3) is 6.74. The van der Waals surface area contributed by atoms with Crippen LogP contribution in [-0.2, 0) is 16.0 Å². The first-order valence-corrected chi connectivity index (χ1v) is 11.2. The Morgan fingerprint density at radius 3 is 2.84 bits per heavy atom. The molecule has 0 aliphatic heterocycles. The van der Waals surface area contributed by atoms with Gasteiger partial charge in [-0.15, -0.1) is 23.4 Å². The lowest BCUT2D eigenvalue weighted by Gasteiger charge is -2.24. The maximum Gasteiger partial charge on any atom is 0.305 e. The lowest BCUT2D eigenvalue weighted by atomic mass is 9.85. The molecule has 6 heteroatoms. The molecule has 1 aromatic rings. The number of phenols is 1. The zero-order valence-corrected chi connectivity index (χ0v) is 19.2. The first kappa shape index (κ1) is 25.3. The molecule has 1 saturated carbocycles. The number of esters is 1. The first-order valence-electron chi connectivity index (χ1n) is 10.8. The van der Waals surface area contributed by atoms with E-state index in [0.29, 0.717) is 31.2 Å². The molecule has 0 radical (unpaired) electrons. The third-order valence-corrected chi connectivity index (χ3v) is 6.44. The number of aliphatic hydroxyl groups excluding tert-OH is 2. The van der Waals surface area contributed by atoms with E-state index >= 15 is 0 Å². The second kappa shape index (κ2) is 12.1. The molecule has 6 atom stereocenters. The van der Waals surface area contributed by atoms with Gasteiger partial charge in [-0.25, -0.2) is 0 Å². The number of benzene rings is 1. The highest BCUT2D eigenvalue weighted by atomic mass is 35.5. The maximum absolute atomic E-state index is 11.4. The second-order valence-electron chi connectivity index (χ2n) is 8.19. The second-order valence-corrected chi connectivity index (χ2v) is 8.75. The number of methoxy groups -OCH3 is 1. The highest BCUT2D eigenvalue weighted by Gasteiger charge is 2.42. The van der Waals surface area contributed by atoms with Gasteiger partial charge in [-0.1, -0.05) is 37.3 Å². The molecule has 170 valence electrons. The summed E-state index contributed by atoms with van der Waals surface area (Å²) >= 11 is 6.59. The molecule has 0 heterocycles. The Hall–Kier alpha value is -2.00. The minimum atomic E-state index is -0.679. The van der Waals surface area contributed by atoms with Crippen molar-refractivity contribution in [3.63, 3.8) is 0 Å². The van der Waals surface area contributed by atoms with Crippen LogP contribution in [0.1, 0.15) is 56.6 Å². The number of aromatic hydroxyl groups is 1. The molecule has 5 nitrogen and oxygen atoms in total. The van der Waals surface area contributed by atoms with Gasteiger partial charge in [0, 0.05) is 30.1 Å². The quantitative estimate of drug-likeness (QED) is 0.230. The zero-order chi connectivity index (χ0) is 23.0. The highest BCUT2D eigenvalue weighted by Crippen LogP contribution is 2.47. The monoisotopic (exact) mass is 448 g/mol. The number of halogens is 1. The van der Waals surface area contributed by atoms with E-state index in [2.05, 4.69) is 16.6 Å². The summed E-state index contributed by atoms with van der Waals surface area (Å²) < 4.78 is 4.67. The molecule has 3 N–H and O–H groups in total. The number of hydrogen-bond donors (Lipinski definition) is 3. The average molecular weight is 449 g/mol. The smallest absolute Gasteiger partial charge is 0.305 e. The van der Waals surface area contributed by atoms with Crippen molar-refractivity contribution in [2.45, 2.75) is 69.5 Å². The fourth-order valence-corrected chi connectivity index (χ4v) is 4.57. The van der Waals surface area contributed by atoms with E-state index in [1.54, 1.807) is 13.0 Å². The van der Waals surface area contributed by atoms with Crippen LogP contribution < -0.4 is 0 Å². The van der Waals surface area contributed by atoms with Gasteiger partial charge < -0.3 is 20.1 Å². The van der Waals surface area contributed by atoms with Crippen LogP contribution in [0.5, 0.6) is 5.75 Å². The Kier molecular flexibility index (Phi) is 9.90. The molecule has 31 heavy (non-hydrogen) atoms. The number of rotatable bonds is 9. The van der Waals surface area contributed by atoms with Crippen molar-refractivity contribution < 1.29 is 24.9 Å². The van der Waals surface area contributed by atoms with E-state index in [4.69, 9.17) is 11.6 Å².